The molecule has 0 aromatic carbocycles. The van der Waals surface area contributed by atoms with Gasteiger partial charge in [0, 0.05) is 6.54 Å². The van der Waals surface area contributed by atoms with Gasteiger partial charge in [0.1, 0.15) is 5.82 Å². The quantitative estimate of drug-likeness (QED) is 0.870. The maximum atomic E-state index is 5.97. The summed E-state index contributed by atoms with van der Waals surface area (Å²) in [5, 5.41) is 4.40. The summed E-state index contributed by atoms with van der Waals surface area (Å²) in [5.41, 5.74) is 8.07. The van der Waals surface area contributed by atoms with Gasteiger partial charge in [-0.2, -0.15) is 5.10 Å². The molecule has 0 spiro atoms. The predicted octanol–water partition coefficient (Wildman–Crippen LogP) is 1.64. The first-order valence-electron chi connectivity index (χ1n) is 5.10. The molecule has 86 valence electrons. The van der Waals surface area contributed by atoms with Crippen molar-refractivity contribution in [3.05, 3.63) is 27.5 Å². The first kappa shape index (κ1) is 11.4. The topological polar surface area (TPSA) is 61.7 Å². The number of nitrogen functional groups attached to an aromatic ring is 1. The van der Waals surface area contributed by atoms with E-state index in [9.17, 15) is 0 Å². The lowest BCUT2D eigenvalue weighted by Crippen LogP contribution is -2.10. The van der Waals surface area contributed by atoms with Gasteiger partial charge in [-0.1, -0.05) is 0 Å². The Morgan fingerprint density at radius 2 is 2.25 bits per heavy atom. The zero-order valence-corrected chi connectivity index (χ0v) is 11.5. The van der Waals surface area contributed by atoms with Gasteiger partial charge in [-0.25, -0.2) is 9.67 Å². The van der Waals surface area contributed by atoms with Gasteiger partial charge in [0.2, 0.25) is 0 Å². The lowest BCUT2D eigenvalue weighted by molar-refractivity contribution is 0.625. The van der Waals surface area contributed by atoms with E-state index in [1.165, 1.54) is 0 Å². The largest absolute Gasteiger partial charge is 0.383 e. The number of hydrogen-bond donors (Lipinski definition) is 1. The van der Waals surface area contributed by atoms with Crippen molar-refractivity contribution in [3.8, 4) is 0 Å². The number of imidazole rings is 1. The number of hydrogen-bond acceptors (Lipinski definition) is 3. The van der Waals surface area contributed by atoms with Crippen molar-refractivity contribution >= 4 is 28.4 Å². The van der Waals surface area contributed by atoms with Crippen LogP contribution in [-0.4, -0.2) is 19.3 Å². The fourth-order valence-electron chi connectivity index (χ4n) is 1.62. The SMILES string of the molecule is CCn1cncc1Cn1nc(C)c(I)c1N. The van der Waals surface area contributed by atoms with Gasteiger partial charge in [-0.3, -0.25) is 0 Å². The van der Waals surface area contributed by atoms with E-state index in [0.29, 0.717) is 6.54 Å². The van der Waals surface area contributed by atoms with Crippen molar-refractivity contribution in [3.63, 3.8) is 0 Å². The molecule has 0 aliphatic carbocycles. The van der Waals surface area contributed by atoms with Crippen LogP contribution in [0.2, 0.25) is 0 Å². The van der Waals surface area contributed by atoms with Crippen molar-refractivity contribution < 1.29 is 0 Å². The summed E-state index contributed by atoms with van der Waals surface area (Å²) in [5.74, 6) is 0.724. The fraction of sp³-hybridized carbons (Fsp3) is 0.400. The third-order valence-corrected chi connectivity index (χ3v) is 3.88. The van der Waals surface area contributed by atoms with Crippen molar-refractivity contribution in [1.29, 1.82) is 0 Å². The summed E-state index contributed by atoms with van der Waals surface area (Å²) in [4.78, 5) is 4.13. The van der Waals surface area contributed by atoms with Crippen LogP contribution in [-0.2, 0) is 13.1 Å². The van der Waals surface area contributed by atoms with Gasteiger partial charge in [0.05, 0.1) is 34.0 Å². The smallest absolute Gasteiger partial charge is 0.135 e. The number of aryl methyl sites for hydroxylation is 2. The summed E-state index contributed by atoms with van der Waals surface area (Å²) in [7, 11) is 0. The molecule has 0 saturated heterocycles. The van der Waals surface area contributed by atoms with Crippen LogP contribution < -0.4 is 5.73 Å². The molecule has 2 heterocycles. The average molecular weight is 331 g/mol. The van der Waals surface area contributed by atoms with E-state index >= 15 is 0 Å². The minimum atomic E-state index is 0.670. The van der Waals surface area contributed by atoms with Gasteiger partial charge in [-0.15, -0.1) is 0 Å². The van der Waals surface area contributed by atoms with E-state index in [-0.39, 0.29) is 0 Å². The standard InChI is InChI=1S/C10H14IN5/c1-3-15-6-13-4-8(15)5-16-10(12)9(11)7(2)14-16/h4,6H,3,5,12H2,1-2H3. The van der Waals surface area contributed by atoms with E-state index in [0.717, 1.165) is 27.3 Å². The monoisotopic (exact) mass is 331 g/mol. The molecule has 0 unspecified atom stereocenters. The minimum Gasteiger partial charge on any atom is -0.383 e. The molecule has 2 aromatic heterocycles. The molecule has 0 radical (unpaired) electrons. The second-order valence-electron chi connectivity index (χ2n) is 3.61. The molecule has 2 aromatic rings. The Balaban J connectivity index is 2.30. The van der Waals surface area contributed by atoms with Crippen LogP contribution in [0.3, 0.4) is 0 Å². The van der Waals surface area contributed by atoms with Gasteiger partial charge >= 0.3 is 0 Å². The molecule has 2 rings (SSSR count). The first-order valence-corrected chi connectivity index (χ1v) is 6.18. The Hall–Kier alpha value is -1.05. The number of halogens is 1. The molecule has 0 atom stereocenters. The summed E-state index contributed by atoms with van der Waals surface area (Å²) >= 11 is 2.22. The zero-order valence-electron chi connectivity index (χ0n) is 9.31. The number of nitrogens with zero attached hydrogens (tertiary/aromatic N) is 4. The lowest BCUT2D eigenvalue weighted by atomic mass is 10.4. The zero-order chi connectivity index (χ0) is 11.7. The molecule has 5 nitrogen and oxygen atoms in total. The van der Waals surface area contributed by atoms with Crippen LogP contribution in [0.1, 0.15) is 18.3 Å². The second-order valence-corrected chi connectivity index (χ2v) is 4.69. The summed E-state index contributed by atoms with van der Waals surface area (Å²) in [6, 6.07) is 0. The normalized spacial score (nSPS) is 10.9. The number of rotatable bonds is 3. The first-order chi connectivity index (χ1) is 7.63. The number of anilines is 1. The van der Waals surface area contributed by atoms with Crippen molar-refractivity contribution in [2.24, 2.45) is 0 Å². The molecular formula is C10H14IN5. The Morgan fingerprint density at radius 3 is 2.81 bits per heavy atom. The Morgan fingerprint density at radius 1 is 1.50 bits per heavy atom. The van der Waals surface area contributed by atoms with Gasteiger partial charge in [-0.05, 0) is 36.4 Å². The maximum Gasteiger partial charge on any atom is 0.135 e. The molecular weight excluding hydrogens is 317 g/mol. The highest BCUT2D eigenvalue weighted by atomic mass is 127. The Kier molecular flexibility index (Phi) is 3.17. The van der Waals surface area contributed by atoms with Gasteiger partial charge < -0.3 is 10.3 Å². The van der Waals surface area contributed by atoms with Gasteiger partial charge in [0.15, 0.2) is 0 Å². The molecule has 0 aliphatic heterocycles. The lowest BCUT2D eigenvalue weighted by Gasteiger charge is -2.06. The highest BCUT2D eigenvalue weighted by Crippen LogP contribution is 2.19. The molecule has 0 saturated carbocycles. The number of aromatic nitrogens is 4. The molecule has 2 N–H and O–H groups in total. The molecule has 0 aliphatic rings. The van der Waals surface area contributed by atoms with Crippen LogP contribution in [0.5, 0.6) is 0 Å². The van der Waals surface area contributed by atoms with Crippen LogP contribution >= 0.6 is 22.6 Å². The fourth-order valence-corrected chi connectivity index (χ4v) is 2.00. The van der Waals surface area contributed by atoms with Crippen LogP contribution in [0.4, 0.5) is 5.82 Å². The highest BCUT2D eigenvalue weighted by Gasteiger charge is 2.11. The predicted molar refractivity (Wildman–Crippen MR) is 71.1 cm³/mol. The van der Waals surface area contributed by atoms with E-state index < -0.39 is 0 Å². The molecule has 16 heavy (non-hydrogen) atoms. The Labute approximate surface area is 108 Å². The summed E-state index contributed by atoms with van der Waals surface area (Å²) < 4.78 is 4.93. The highest BCUT2D eigenvalue weighted by molar-refractivity contribution is 14.1. The Bertz CT molecular complexity index is 499. The van der Waals surface area contributed by atoms with E-state index in [1.54, 1.807) is 0 Å². The summed E-state index contributed by atoms with van der Waals surface area (Å²) in [6.07, 6.45) is 3.68. The molecule has 0 amide bonds. The third-order valence-electron chi connectivity index (χ3n) is 2.54. The van der Waals surface area contributed by atoms with Crippen LogP contribution in [0.15, 0.2) is 12.5 Å². The van der Waals surface area contributed by atoms with E-state index in [4.69, 9.17) is 5.73 Å². The third kappa shape index (κ3) is 1.93. The molecule has 0 fully saturated rings. The van der Waals surface area contributed by atoms with Crippen molar-refractivity contribution in [2.45, 2.75) is 26.9 Å². The average Bonchev–Trinajstić information content (AvgIpc) is 2.81. The molecule has 0 bridgehead atoms. The van der Waals surface area contributed by atoms with Gasteiger partial charge in [0.25, 0.3) is 0 Å². The number of nitrogens with two attached hydrogens (primary N) is 1. The maximum absolute atomic E-state index is 5.97. The van der Waals surface area contributed by atoms with Crippen molar-refractivity contribution in [2.75, 3.05) is 5.73 Å². The second kappa shape index (κ2) is 4.44. The molecule has 6 heteroatoms. The van der Waals surface area contributed by atoms with E-state index in [1.807, 2.05) is 24.1 Å². The van der Waals surface area contributed by atoms with E-state index in [2.05, 4.69) is 44.2 Å². The summed E-state index contributed by atoms with van der Waals surface area (Å²) in [6.45, 7) is 5.63. The van der Waals surface area contributed by atoms with Crippen LogP contribution in [0.25, 0.3) is 0 Å². The van der Waals surface area contributed by atoms with Crippen LogP contribution in [0, 0.1) is 10.5 Å². The minimum absolute atomic E-state index is 0.670. The van der Waals surface area contributed by atoms with Crippen molar-refractivity contribution in [1.82, 2.24) is 19.3 Å².